The van der Waals surface area contributed by atoms with E-state index in [9.17, 15) is 0 Å². The molecule has 0 bridgehead atoms. The SMILES string of the molecule is BCN(CBCNCC1CO1)CC1CO1. The highest BCUT2D eigenvalue weighted by Gasteiger charge is 2.24. The van der Waals surface area contributed by atoms with Crippen LogP contribution in [0.15, 0.2) is 0 Å². The van der Waals surface area contributed by atoms with E-state index in [4.69, 9.17) is 9.47 Å². The van der Waals surface area contributed by atoms with Crippen molar-refractivity contribution in [1.82, 2.24) is 10.2 Å². The van der Waals surface area contributed by atoms with Crippen molar-refractivity contribution in [2.75, 3.05) is 45.6 Å². The van der Waals surface area contributed by atoms with E-state index >= 15 is 0 Å². The highest BCUT2D eigenvalue weighted by atomic mass is 16.6. The summed E-state index contributed by atoms with van der Waals surface area (Å²) in [5.41, 5.74) is 0. The molecule has 2 aliphatic rings. The van der Waals surface area contributed by atoms with E-state index in [0.29, 0.717) is 12.2 Å². The van der Waals surface area contributed by atoms with Crippen LogP contribution in [0.1, 0.15) is 0 Å². The van der Waals surface area contributed by atoms with Crippen LogP contribution in [0.25, 0.3) is 0 Å². The predicted octanol–water partition coefficient (Wildman–Crippen LogP) is -2.38. The quantitative estimate of drug-likeness (QED) is 0.262. The normalized spacial score (nSPS) is 28.1. The summed E-state index contributed by atoms with van der Waals surface area (Å²) in [7, 11) is 3.43. The van der Waals surface area contributed by atoms with Crippen LogP contribution >= 0.6 is 0 Å². The molecule has 15 heavy (non-hydrogen) atoms. The van der Waals surface area contributed by atoms with Gasteiger partial charge in [0.25, 0.3) is 0 Å². The average Bonchev–Trinajstić information content (AvgIpc) is 3.10. The number of nitrogens with zero attached hydrogens (tertiary/aromatic N) is 1. The van der Waals surface area contributed by atoms with Crippen LogP contribution in [-0.4, -0.2) is 77.9 Å². The van der Waals surface area contributed by atoms with Gasteiger partial charge < -0.3 is 19.7 Å². The van der Waals surface area contributed by atoms with Gasteiger partial charge in [-0.3, -0.25) is 0 Å². The van der Waals surface area contributed by atoms with Gasteiger partial charge in [0.1, 0.15) is 7.85 Å². The van der Waals surface area contributed by atoms with E-state index in [-0.39, 0.29) is 0 Å². The first kappa shape index (κ1) is 11.5. The number of hydrogen-bond donors (Lipinski definition) is 1. The summed E-state index contributed by atoms with van der Waals surface area (Å²) in [6.45, 7) is 4.06. The Labute approximate surface area is 93.3 Å². The summed E-state index contributed by atoms with van der Waals surface area (Å²) < 4.78 is 10.4. The standard InChI is InChI=1S/C9H20B2N2O2/c10-5-13(2-9-4-15-9)7-11-6-12-1-8-3-14-8/h8-9,11-12H,1-7,10H2. The number of nitrogens with one attached hydrogen (secondary N) is 1. The summed E-state index contributed by atoms with van der Waals surface area (Å²) in [4.78, 5) is 2.47. The number of epoxide rings is 2. The molecule has 2 aliphatic heterocycles. The van der Waals surface area contributed by atoms with Crippen LogP contribution in [0.2, 0.25) is 0 Å². The second-order valence-corrected chi connectivity index (χ2v) is 4.36. The van der Waals surface area contributed by atoms with Crippen molar-refractivity contribution in [3.8, 4) is 0 Å². The fourth-order valence-corrected chi connectivity index (χ4v) is 1.72. The molecule has 2 saturated heterocycles. The molecule has 84 valence electrons. The Hall–Kier alpha value is -0.0301. The Morgan fingerprint density at radius 2 is 2.07 bits per heavy atom. The molecule has 0 radical (unpaired) electrons. The molecule has 2 fully saturated rings. The van der Waals surface area contributed by atoms with Gasteiger partial charge in [-0.2, -0.15) is 0 Å². The van der Waals surface area contributed by atoms with E-state index in [1.807, 2.05) is 0 Å². The zero-order valence-electron chi connectivity index (χ0n) is 9.58. The van der Waals surface area contributed by atoms with E-state index in [2.05, 4.69) is 18.1 Å². The lowest BCUT2D eigenvalue weighted by Crippen LogP contribution is -2.37. The molecule has 0 saturated carbocycles. The maximum Gasteiger partial charge on any atom is 0.154 e. The first-order valence-corrected chi connectivity index (χ1v) is 6.04. The molecule has 6 heteroatoms. The highest BCUT2D eigenvalue weighted by molar-refractivity contribution is 6.35. The molecule has 0 aromatic carbocycles. The molecule has 0 aliphatic carbocycles. The lowest BCUT2D eigenvalue weighted by Gasteiger charge is -2.18. The summed E-state index contributed by atoms with van der Waals surface area (Å²) in [5, 5.41) is 3.41. The summed E-state index contributed by atoms with van der Waals surface area (Å²) >= 11 is 0. The molecule has 1 N–H and O–H groups in total. The molecule has 2 unspecified atom stereocenters. The molecule has 2 rings (SSSR count). The number of hydrogen-bond acceptors (Lipinski definition) is 4. The van der Waals surface area contributed by atoms with Crippen molar-refractivity contribution in [1.29, 1.82) is 0 Å². The number of ether oxygens (including phenoxy) is 2. The van der Waals surface area contributed by atoms with Gasteiger partial charge in [-0.1, -0.05) is 0 Å². The zero-order chi connectivity index (χ0) is 10.5. The lowest BCUT2D eigenvalue weighted by atomic mass is 9.77. The van der Waals surface area contributed by atoms with E-state index in [1.165, 1.54) is 13.7 Å². The van der Waals surface area contributed by atoms with Crippen LogP contribution in [0, 0.1) is 0 Å². The molecule has 4 nitrogen and oxygen atoms in total. The molecule has 0 aromatic rings. The Morgan fingerprint density at radius 1 is 1.33 bits per heavy atom. The van der Waals surface area contributed by atoms with Crippen LogP contribution in [0.3, 0.4) is 0 Å². The van der Waals surface area contributed by atoms with Crippen LogP contribution in [-0.2, 0) is 9.47 Å². The van der Waals surface area contributed by atoms with Crippen LogP contribution in [0.5, 0.6) is 0 Å². The smallest absolute Gasteiger partial charge is 0.154 e. The van der Waals surface area contributed by atoms with Crippen molar-refractivity contribution in [3.05, 3.63) is 0 Å². The van der Waals surface area contributed by atoms with Gasteiger partial charge in [-0.15, -0.1) is 0 Å². The summed E-state index contributed by atoms with van der Waals surface area (Å²) in [6, 6.07) is 0. The Morgan fingerprint density at radius 3 is 2.67 bits per heavy atom. The third kappa shape index (κ3) is 5.02. The fraction of sp³-hybridized carbons (Fsp3) is 1.00. The predicted molar refractivity (Wildman–Crippen MR) is 64.5 cm³/mol. The molecule has 0 aromatic heterocycles. The van der Waals surface area contributed by atoms with Gasteiger partial charge in [0, 0.05) is 13.1 Å². The minimum atomic E-state index is 0.507. The molecule has 0 amide bonds. The third-order valence-electron chi connectivity index (χ3n) is 2.91. The fourth-order valence-electron chi connectivity index (χ4n) is 1.72. The third-order valence-corrected chi connectivity index (χ3v) is 2.91. The van der Waals surface area contributed by atoms with Gasteiger partial charge in [-0.05, 0) is 19.3 Å². The second kappa shape index (κ2) is 5.89. The van der Waals surface area contributed by atoms with Crippen molar-refractivity contribution in [2.24, 2.45) is 0 Å². The minimum Gasteiger partial charge on any atom is -0.372 e. The number of rotatable bonds is 9. The van der Waals surface area contributed by atoms with Crippen LogP contribution < -0.4 is 5.32 Å². The lowest BCUT2D eigenvalue weighted by molar-refractivity contribution is 0.302. The van der Waals surface area contributed by atoms with E-state index < -0.39 is 0 Å². The maximum absolute atomic E-state index is 5.23. The molecule has 2 heterocycles. The molecular formula is C9H20B2N2O2. The maximum atomic E-state index is 5.23. The monoisotopic (exact) mass is 210 g/mol. The molecule has 0 spiro atoms. The minimum absolute atomic E-state index is 0.507. The zero-order valence-corrected chi connectivity index (χ0v) is 9.58. The van der Waals surface area contributed by atoms with Crippen molar-refractivity contribution >= 4 is 15.1 Å². The first-order chi connectivity index (χ1) is 7.38. The van der Waals surface area contributed by atoms with E-state index in [1.54, 1.807) is 0 Å². The van der Waals surface area contributed by atoms with Gasteiger partial charge in [0.05, 0.1) is 25.4 Å². The Kier molecular flexibility index (Phi) is 4.50. The second-order valence-electron chi connectivity index (χ2n) is 4.36. The average molecular weight is 210 g/mol. The van der Waals surface area contributed by atoms with Gasteiger partial charge >= 0.3 is 0 Å². The van der Waals surface area contributed by atoms with Crippen LogP contribution in [0.4, 0.5) is 0 Å². The highest BCUT2D eigenvalue weighted by Crippen LogP contribution is 2.09. The van der Waals surface area contributed by atoms with Crippen molar-refractivity contribution in [3.63, 3.8) is 0 Å². The Bertz CT molecular complexity index is 189. The molecular weight excluding hydrogens is 190 g/mol. The van der Waals surface area contributed by atoms with Gasteiger partial charge in [-0.25, -0.2) is 0 Å². The topological polar surface area (TPSA) is 40.3 Å². The van der Waals surface area contributed by atoms with Crippen molar-refractivity contribution in [2.45, 2.75) is 12.2 Å². The summed E-state index contributed by atoms with van der Waals surface area (Å²) in [6.07, 6.45) is 4.44. The largest absolute Gasteiger partial charge is 0.372 e. The van der Waals surface area contributed by atoms with E-state index in [0.717, 1.165) is 39.2 Å². The first-order valence-electron chi connectivity index (χ1n) is 6.04. The molecule has 2 atom stereocenters. The van der Waals surface area contributed by atoms with Gasteiger partial charge in [0.2, 0.25) is 0 Å². The summed E-state index contributed by atoms with van der Waals surface area (Å²) in [5.74, 6) is 0. The Balaban J connectivity index is 1.42. The van der Waals surface area contributed by atoms with Crippen molar-refractivity contribution < 1.29 is 9.47 Å². The van der Waals surface area contributed by atoms with Gasteiger partial charge in [0.15, 0.2) is 7.28 Å².